The average Bonchev–Trinajstić information content (AvgIpc) is 3.31. The number of fused-ring (bicyclic) bond motifs is 1. The van der Waals surface area contributed by atoms with Crippen molar-refractivity contribution in [3.63, 3.8) is 0 Å². The molecular formula is C18H11ClN2OS3. The van der Waals surface area contributed by atoms with E-state index in [4.69, 9.17) is 16.6 Å². The lowest BCUT2D eigenvalue weighted by Crippen LogP contribution is -2.01. The van der Waals surface area contributed by atoms with Crippen LogP contribution < -0.4 is 0 Å². The summed E-state index contributed by atoms with van der Waals surface area (Å²) in [5, 5.41) is 3.79. The minimum Gasteiger partial charge on any atom is -0.292 e. The van der Waals surface area contributed by atoms with Gasteiger partial charge in [-0.05, 0) is 29.6 Å². The lowest BCUT2D eigenvalue weighted by Gasteiger charge is -2.07. The maximum absolute atomic E-state index is 12.4. The monoisotopic (exact) mass is 402 g/mol. The zero-order valence-corrected chi connectivity index (χ0v) is 16.0. The number of halogens is 1. The van der Waals surface area contributed by atoms with Gasteiger partial charge in [0, 0.05) is 5.39 Å². The molecule has 0 aliphatic carbocycles. The molecule has 3 nitrogen and oxygen atoms in total. The van der Waals surface area contributed by atoms with Gasteiger partial charge in [-0.25, -0.2) is 9.97 Å². The lowest BCUT2D eigenvalue weighted by molar-refractivity contribution is 0.102. The van der Waals surface area contributed by atoms with Gasteiger partial charge in [-0.2, -0.15) is 0 Å². The first-order valence-corrected chi connectivity index (χ1v) is 10.5. The van der Waals surface area contributed by atoms with Crippen LogP contribution in [0.25, 0.3) is 21.6 Å². The third kappa shape index (κ3) is 3.62. The summed E-state index contributed by atoms with van der Waals surface area (Å²) < 4.78 is 0.626. The summed E-state index contributed by atoms with van der Waals surface area (Å²) in [6, 6.07) is 15.4. The molecule has 124 valence electrons. The van der Waals surface area contributed by atoms with Crippen molar-refractivity contribution in [3.05, 3.63) is 63.1 Å². The van der Waals surface area contributed by atoms with E-state index >= 15 is 0 Å². The van der Waals surface area contributed by atoms with E-state index < -0.39 is 0 Å². The van der Waals surface area contributed by atoms with Crippen LogP contribution in [0.15, 0.2) is 58.9 Å². The Bertz CT molecular complexity index is 1040. The van der Waals surface area contributed by atoms with Crippen LogP contribution in [0.1, 0.15) is 9.67 Å². The fourth-order valence-corrected chi connectivity index (χ4v) is 4.97. The van der Waals surface area contributed by atoms with Crippen LogP contribution in [-0.2, 0) is 0 Å². The molecule has 0 amide bonds. The first-order valence-electron chi connectivity index (χ1n) is 7.43. The molecule has 0 spiro atoms. The Kier molecular flexibility index (Phi) is 4.85. The van der Waals surface area contributed by atoms with E-state index in [1.54, 1.807) is 23.5 Å². The van der Waals surface area contributed by atoms with E-state index in [2.05, 4.69) is 4.98 Å². The number of hydrogen-bond donors (Lipinski definition) is 0. The van der Waals surface area contributed by atoms with Crippen molar-refractivity contribution in [2.24, 2.45) is 0 Å². The third-order valence-electron chi connectivity index (χ3n) is 3.50. The van der Waals surface area contributed by atoms with Crippen molar-refractivity contribution in [2.75, 3.05) is 5.75 Å². The highest BCUT2D eigenvalue weighted by atomic mass is 35.5. The standard InChI is InChI=1S/C18H11ClN2OS3/c19-16-8-7-14(25-16)13(22)10-24-18-11-4-1-2-5-12(11)20-17(21-18)15-6-3-9-23-15/h1-9H,10H2. The van der Waals surface area contributed by atoms with E-state index in [0.29, 0.717) is 20.8 Å². The predicted molar refractivity (Wildman–Crippen MR) is 107 cm³/mol. The maximum Gasteiger partial charge on any atom is 0.183 e. The molecule has 1 aromatic carbocycles. The Morgan fingerprint density at radius 1 is 1.08 bits per heavy atom. The molecule has 0 aliphatic rings. The molecule has 4 rings (SSSR count). The molecule has 0 bridgehead atoms. The third-order valence-corrected chi connectivity index (χ3v) is 6.63. The highest BCUT2D eigenvalue weighted by molar-refractivity contribution is 8.00. The Labute approximate surface area is 161 Å². The van der Waals surface area contributed by atoms with E-state index in [1.165, 1.54) is 23.1 Å². The number of benzene rings is 1. The number of Topliss-reactive ketones (excluding diaryl/α,β-unsaturated/α-hetero) is 1. The highest BCUT2D eigenvalue weighted by Gasteiger charge is 2.14. The van der Waals surface area contributed by atoms with Gasteiger partial charge in [-0.15, -0.1) is 22.7 Å². The summed E-state index contributed by atoms with van der Waals surface area (Å²) in [6.45, 7) is 0. The van der Waals surface area contributed by atoms with Crippen LogP contribution >= 0.6 is 46.0 Å². The number of thiophene rings is 2. The van der Waals surface area contributed by atoms with Gasteiger partial charge in [0.25, 0.3) is 0 Å². The number of aromatic nitrogens is 2. The van der Waals surface area contributed by atoms with Gasteiger partial charge >= 0.3 is 0 Å². The van der Waals surface area contributed by atoms with Crippen molar-refractivity contribution < 1.29 is 4.79 Å². The summed E-state index contributed by atoms with van der Waals surface area (Å²) in [5.74, 6) is 1.08. The highest BCUT2D eigenvalue weighted by Crippen LogP contribution is 2.31. The van der Waals surface area contributed by atoms with Crippen LogP contribution in [0.5, 0.6) is 0 Å². The van der Waals surface area contributed by atoms with E-state index in [9.17, 15) is 4.79 Å². The topological polar surface area (TPSA) is 42.9 Å². The molecule has 3 heterocycles. The van der Waals surface area contributed by atoms with Gasteiger partial charge in [0.1, 0.15) is 5.03 Å². The molecule has 0 radical (unpaired) electrons. The Morgan fingerprint density at radius 3 is 2.72 bits per heavy atom. The molecule has 0 unspecified atom stereocenters. The molecule has 0 saturated carbocycles. The van der Waals surface area contributed by atoms with Gasteiger partial charge in [0.15, 0.2) is 11.6 Å². The van der Waals surface area contributed by atoms with Gasteiger partial charge < -0.3 is 0 Å². The maximum atomic E-state index is 12.4. The molecule has 0 fully saturated rings. The average molecular weight is 403 g/mol. The Hall–Kier alpha value is -1.73. The molecule has 7 heteroatoms. The lowest BCUT2D eigenvalue weighted by atomic mass is 10.2. The van der Waals surface area contributed by atoms with Crippen LogP contribution in [0.3, 0.4) is 0 Å². The van der Waals surface area contributed by atoms with E-state index in [-0.39, 0.29) is 5.78 Å². The minimum atomic E-state index is 0.0577. The van der Waals surface area contributed by atoms with Crippen molar-refractivity contribution >= 4 is 62.7 Å². The second-order valence-corrected chi connectivity index (χ2v) is 8.79. The molecule has 0 aliphatic heterocycles. The molecule has 0 atom stereocenters. The van der Waals surface area contributed by atoms with Crippen LogP contribution in [0.4, 0.5) is 0 Å². The second kappa shape index (κ2) is 7.25. The van der Waals surface area contributed by atoms with Gasteiger partial charge in [0.05, 0.1) is 25.4 Å². The molecule has 4 aromatic rings. The zero-order valence-electron chi connectivity index (χ0n) is 12.8. The number of rotatable bonds is 5. The van der Waals surface area contributed by atoms with Crippen LogP contribution in [0, 0.1) is 0 Å². The van der Waals surface area contributed by atoms with Gasteiger partial charge in [0.2, 0.25) is 0 Å². The second-order valence-electron chi connectivity index (χ2n) is 5.16. The van der Waals surface area contributed by atoms with Crippen molar-refractivity contribution in [3.8, 4) is 10.7 Å². The number of hydrogen-bond acceptors (Lipinski definition) is 6. The number of nitrogens with zero attached hydrogens (tertiary/aromatic N) is 2. The van der Waals surface area contributed by atoms with Gasteiger partial charge in [-0.1, -0.05) is 47.6 Å². The Morgan fingerprint density at radius 2 is 1.96 bits per heavy atom. The largest absolute Gasteiger partial charge is 0.292 e. The zero-order chi connectivity index (χ0) is 17.2. The summed E-state index contributed by atoms with van der Waals surface area (Å²) in [7, 11) is 0. The number of thioether (sulfide) groups is 1. The van der Waals surface area contributed by atoms with E-state index in [1.807, 2.05) is 41.8 Å². The van der Waals surface area contributed by atoms with Crippen molar-refractivity contribution in [1.82, 2.24) is 9.97 Å². The fourth-order valence-electron chi connectivity index (χ4n) is 2.34. The SMILES string of the molecule is O=C(CSc1nc(-c2cccs2)nc2ccccc12)c1ccc(Cl)s1. The summed E-state index contributed by atoms with van der Waals surface area (Å²) in [4.78, 5) is 23.4. The van der Waals surface area contributed by atoms with Crippen molar-refractivity contribution in [1.29, 1.82) is 0 Å². The minimum absolute atomic E-state index is 0.0577. The molecule has 25 heavy (non-hydrogen) atoms. The number of ketones is 1. The normalized spacial score (nSPS) is 11.1. The van der Waals surface area contributed by atoms with Gasteiger partial charge in [-0.3, -0.25) is 4.79 Å². The quantitative estimate of drug-likeness (QED) is 0.231. The van der Waals surface area contributed by atoms with E-state index in [0.717, 1.165) is 20.8 Å². The van der Waals surface area contributed by atoms with Crippen molar-refractivity contribution in [2.45, 2.75) is 5.03 Å². The first-order chi connectivity index (χ1) is 12.2. The smallest absolute Gasteiger partial charge is 0.183 e. The summed E-state index contributed by atoms with van der Waals surface area (Å²) in [5.41, 5.74) is 0.884. The fraction of sp³-hybridized carbons (Fsp3) is 0.0556. The first kappa shape index (κ1) is 16.7. The van der Waals surface area contributed by atoms with Crippen LogP contribution in [-0.4, -0.2) is 21.5 Å². The molecule has 3 aromatic heterocycles. The molecule has 0 saturated heterocycles. The summed E-state index contributed by atoms with van der Waals surface area (Å²) >= 11 is 10.3. The Balaban J connectivity index is 1.67. The molecular weight excluding hydrogens is 392 g/mol. The summed E-state index contributed by atoms with van der Waals surface area (Å²) in [6.07, 6.45) is 0. The number of carbonyl (C=O) groups is 1. The molecule has 0 N–H and O–H groups in total. The van der Waals surface area contributed by atoms with Crippen LogP contribution in [0.2, 0.25) is 4.34 Å². The number of para-hydroxylation sites is 1. The predicted octanol–water partition coefficient (Wildman–Crippen LogP) is 6.05. The number of carbonyl (C=O) groups excluding carboxylic acids is 1.